The molecular formula is C23H29F3N2OS. The molecule has 0 saturated heterocycles. The van der Waals surface area contributed by atoms with Crippen molar-refractivity contribution in [2.45, 2.75) is 78.1 Å². The van der Waals surface area contributed by atoms with Gasteiger partial charge in [0.15, 0.2) is 0 Å². The van der Waals surface area contributed by atoms with Gasteiger partial charge < -0.3 is 4.74 Å². The highest BCUT2D eigenvalue weighted by Crippen LogP contribution is 2.33. The summed E-state index contributed by atoms with van der Waals surface area (Å²) in [5.41, 5.74) is 2.28. The summed E-state index contributed by atoms with van der Waals surface area (Å²) < 4.78 is 41.1. The zero-order valence-corrected chi connectivity index (χ0v) is 19.2. The molecule has 164 valence electrons. The first-order chi connectivity index (χ1) is 14.3. The summed E-state index contributed by atoms with van der Waals surface area (Å²) in [7, 11) is 0. The minimum absolute atomic E-state index is 0.228. The van der Waals surface area contributed by atoms with Gasteiger partial charge in [0.1, 0.15) is 16.6 Å². The van der Waals surface area contributed by atoms with E-state index in [-0.39, 0.29) is 11.7 Å². The van der Waals surface area contributed by atoms with E-state index < -0.39 is 6.36 Å². The molecule has 0 saturated carbocycles. The Bertz CT molecular complexity index is 856. The van der Waals surface area contributed by atoms with Gasteiger partial charge in [-0.05, 0) is 68.0 Å². The molecule has 1 aromatic carbocycles. The Balaban J connectivity index is 0.00000218. The minimum atomic E-state index is -4.71. The number of aromatic nitrogens is 2. The summed E-state index contributed by atoms with van der Waals surface area (Å²) in [6.45, 7) is 11.9. The third-order valence-electron chi connectivity index (χ3n) is 4.22. The number of thioether (sulfide) groups is 1. The smallest absolute Gasteiger partial charge is 0.406 e. The van der Waals surface area contributed by atoms with Gasteiger partial charge in [-0.3, -0.25) is 0 Å². The topological polar surface area (TPSA) is 35.0 Å². The minimum Gasteiger partial charge on any atom is -0.406 e. The van der Waals surface area contributed by atoms with Crippen molar-refractivity contribution in [2.24, 2.45) is 0 Å². The van der Waals surface area contributed by atoms with E-state index in [4.69, 9.17) is 9.97 Å². The highest BCUT2D eigenvalue weighted by molar-refractivity contribution is 8.03. The van der Waals surface area contributed by atoms with Gasteiger partial charge >= 0.3 is 6.36 Å². The predicted molar refractivity (Wildman–Crippen MR) is 117 cm³/mol. The third-order valence-corrected chi connectivity index (χ3v) is 5.12. The molecule has 0 aliphatic carbocycles. The molecule has 2 aromatic rings. The standard InChI is InChI=1S/C21H23F3N2OS.C2H6/c1-5-8-15(7-3)19-25-18(14(4)20(26-19)28-13-6-2)16-9-11-17(12-10-16)27-21(22,23)24;1-2/h9-12,15H,5,7-8H2,1-4H3;1-2H3. The van der Waals surface area contributed by atoms with Crippen molar-refractivity contribution >= 4 is 11.8 Å². The lowest BCUT2D eigenvalue weighted by atomic mass is 9.99. The van der Waals surface area contributed by atoms with Gasteiger partial charge in [-0.25, -0.2) is 9.97 Å². The van der Waals surface area contributed by atoms with Crippen LogP contribution in [-0.2, 0) is 0 Å². The molecule has 2 rings (SSSR count). The number of alkyl halides is 3. The first-order valence-electron chi connectivity index (χ1n) is 10.1. The van der Waals surface area contributed by atoms with E-state index in [2.05, 4.69) is 29.8 Å². The molecule has 1 heterocycles. The lowest BCUT2D eigenvalue weighted by Crippen LogP contribution is -2.17. The second kappa shape index (κ2) is 12.5. The Morgan fingerprint density at radius 1 is 1.10 bits per heavy atom. The summed E-state index contributed by atoms with van der Waals surface area (Å²) in [6.07, 6.45) is -1.80. The number of hydrogen-bond acceptors (Lipinski definition) is 4. The molecule has 0 amide bonds. The fraction of sp³-hybridized carbons (Fsp3) is 0.478. The molecule has 0 bridgehead atoms. The number of hydrogen-bond donors (Lipinski definition) is 0. The van der Waals surface area contributed by atoms with E-state index in [9.17, 15) is 13.2 Å². The maximum atomic E-state index is 12.4. The molecule has 1 aromatic heterocycles. The molecule has 0 aliphatic rings. The summed E-state index contributed by atoms with van der Waals surface area (Å²) in [4.78, 5) is 9.50. The largest absolute Gasteiger partial charge is 0.573 e. The van der Waals surface area contributed by atoms with Crippen LogP contribution in [-0.4, -0.2) is 16.3 Å². The van der Waals surface area contributed by atoms with E-state index >= 15 is 0 Å². The number of rotatable bonds is 7. The van der Waals surface area contributed by atoms with Crippen molar-refractivity contribution < 1.29 is 17.9 Å². The Morgan fingerprint density at radius 3 is 2.23 bits per heavy atom. The molecule has 30 heavy (non-hydrogen) atoms. The quantitative estimate of drug-likeness (QED) is 0.251. The molecule has 1 atom stereocenters. The maximum Gasteiger partial charge on any atom is 0.573 e. The first kappa shape index (κ1) is 25.8. The summed E-state index contributed by atoms with van der Waals surface area (Å²) in [5.74, 6) is 3.57. The summed E-state index contributed by atoms with van der Waals surface area (Å²) in [6, 6.07) is 5.76. The fourth-order valence-electron chi connectivity index (χ4n) is 2.85. The first-order valence-corrected chi connectivity index (χ1v) is 10.9. The SMILES string of the molecule is CC.CC#CSc1nc(C(CC)CCC)nc(-c2ccc(OC(F)(F)F)cc2)c1C. The second-order valence-electron chi connectivity index (χ2n) is 6.28. The number of halogens is 3. The highest BCUT2D eigenvalue weighted by Gasteiger charge is 2.31. The maximum absolute atomic E-state index is 12.4. The molecule has 1 unspecified atom stereocenters. The zero-order valence-electron chi connectivity index (χ0n) is 18.4. The van der Waals surface area contributed by atoms with Crippen molar-refractivity contribution in [1.29, 1.82) is 0 Å². The average molecular weight is 439 g/mol. The van der Waals surface area contributed by atoms with Gasteiger partial charge in [-0.15, -0.1) is 13.2 Å². The normalized spacial score (nSPS) is 11.6. The predicted octanol–water partition coefficient (Wildman–Crippen LogP) is 7.74. The Hall–Kier alpha value is -2.20. The summed E-state index contributed by atoms with van der Waals surface area (Å²) >= 11 is 1.34. The molecule has 0 aliphatic heterocycles. The van der Waals surface area contributed by atoms with Gasteiger partial charge in [-0.2, -0.15) is 0 Å². The second-order valence-corrected chi connectivity index (χ2v) is 7.08. The van der Waals surface area contributed by atoms with E-state index in [0.29, 0.717) is 11.3 Å². The van der Waals surface area contributed by atoms with Crippen LogP contribution in [0.25, 0.3) is 11.3 Å². The van der Waals surface area contributed by atoms with Crippen molar-refractivity contribution in [2.75, 3.05) is 0 Å². The molecule has 3 nitrogen and oxygen atoms in total. The van der Waals surface area contributed by atoms with Gasteiger partial charge in [0, 0.05) is 17.0 Å². The number of benzene rings is 1. The Kier molecular flexibility index (Phi) is 10.8. The van der Waals surface area contributed by atoms with E-state index in [0.717, 1.165) is 35.7 Å². The van der Waals surface area contributed by atoms with Crippen LogP contribution in [0.3, 0.4) is 0 Å². The van der Waals surface area contributed by atoms with Gasteiger partial charge in [0.2, 0.25) is 0 Å². The molecule has 0 N–H and O–H groups in total. The van der Waals surface area contributed by atoms with Crippen LogP contribution >= 0.6 is 11.8 Å². The molecule has 0 fully saturated rings. The zero-order chi connectivity index (χ0) is 22.7. The van der Waals surface area contributed by atoms with E-state index in [1.165, 1.54) is 23.9 Å². The van der Waals surface area contributed by atoms with E-state index in [1.54, 1.807) is 19.1 Å². The molecule has 7 heteroatoms. The average Bonchev–Trinajstić information content (AvgIpc) is 2.72. The van der Waals surface area contributed by atoms with Crippen molar-refractivity contribution in [1.82, 2.24) is 9.97 Å². The van der Waals surface area contributed by atoms with Gasteiger partial charge in [0.25, 0.3) is 0 Å². The van der Waals surface area contributed by atoms with Crippen molar-refractivity contribution in [3.05, 3.63) is 35.7 Å². The van der Waals surface area contributed by atoms with Crippen molar-refractivity contribution in [3.8, 4) is 28.2 Å². The monoisotopic (exact) mass is 438 g/mol. The molecular weight excluding hydrogens is 409 g/mol. The Morgan fingerprint density at radius 2 is 1.73 bits per heavy atom. The summed E-state index contributed by atoms with van der Waals surface area (Å²) in [5, 5.41) is 3.74. The fourth-order valence-corrected chi connectivity index (χ4v) is 3.44. The van der Waals surface area contributed by atoms with Crippen LogP contribution in [0.2, 0.25) is 0 Å². The van der Waals surface area contributed by atoms with E-state index in [1.807, 2.05) is 20.8 Å². The van der Waals surface area contributed by atoms with Gasteiger partial charge in [-0.1, -0.05) is 40.0 Å². The molecule has 0 radical (unpaired) electrons. The van der Waals surface area contributed by atoms with Crippen LogP contribution in [0.15, 0.2) is 29.3 Å². The lowest BCUT2D eigenvalue weighted by Gasteiger charge is -2.17. The van der Waals surface area contributed by atoms with Crippen LogP contribution < -0.4 is 4.74 Å². The number of nitrogens with zero attached hydrogens (tertiary/aromatic N) is 2. The number of ether oxygens (including phenoxy) is 1. The van der Waals surface area contributed by atoms with Crippen LogP contribution in [0.1, 0.15) is 71.2 Å². The van der Waals surface area contributed by atoms with Crippen molar-refractivity contribution in [3.63, 3.8) is 0 Å². The Labute approximate surface area is 181 Å². The highest BCUT2D eigenvalue weighted by atomic mass is 32.2. The van der Waals surface area contributed by atoms with Crippen LogP contribution in [0.5, 0.6) is 5.75 Å². The third kappa shape index (κ3) is 7.56. The van der Waals surface area contributed by atoms with Crippen LogP contribution in [0, 0.1) is 18.1 Å². The van der Waals surface area contributed by atoms with Crippen LogP contribution in [0.4, 0.5) is 13.2 Å². The lowest BCUT2D eigenvalue weighted by molar-refractivity contribution is -0.274. The molecule has 0 spiro atoms. The van der Waals surface area contributed by atoms with Gasteiger partial charge in [0.05, 0.1) is 5.69 Å².